The number of benzene rings is 2. The summed E-state index contributed by atoms with van der Waals surface area (Å²) in [5.74, 6) is 1.33. The Morgan fingerprint density at radius 1 is 0.952 bits per heavy atom. The minimum Gasteiger partial charge on any atom is -0.497 e. The summed E-state index contributed by atoms with van der Waals surface area (Å²) in [5.41, 5.74) is 3.51. The summed E-state index contributed by atoms with van der Waals surface area (Å²) in [4.78, 5) is 4.75. The normalized spacial score (nSPS) is 12.3. The largest absolute Gasteiger partial charge is 0.497 e. The van der Waals surface area contributed by atoms with Gasteiger partial charge in [-0.05, 0) is 42.2 Å². The molecule has 0 aliphatic rings. The van der Waals surface area contributed by atoms with Crippen LogP contribution in [-0.2, 0) is 6.42 Å². The monoisotopic (exact) mass is 277 g/mol. The molecule has 2 heteroatoms. The Bertz CT molecular complexity index is 734. The molecule has 0 fully saturated rings. The van der Waals surface area contributed by atoms with Gasteiger partial charge in [-0.2, -0.15) is 0 Å². The Hall–Kier alpha value is -2.35. The second-order valence-electron chi connectivity index (χ2n) is 5.37. The van der Waals surface area contributed by atoms with E-state index in [-0.39, 0.29) is 0 Å². The average Bonchev–Trinajstić information content (AvgIpc) is 2.55. The molecular formula is C19H19NO. The average molecular weight is 277 g/mol. The third kappa shape index (κ3) is 3.05. The molecular weight excluding hydrogens is 258 g/mol. The fraction of sp³-hybridized carbons (Fsp3) is 0.211. The van der Waals surface area contributed by atoms with E-state index >= 15 is 0 Å². The van der Waals surface area contributed by atoms with Gasteiger partial charge in [-0.3, -0.25) is 4.98 Å². The van der Waals surface area contributed by atoms with Gasteiger partial charge in [0.05, 0.1) is 12.6 Å². The van der Waals surface area contributed by atoms with Crippen molar-refractivity contribution in [1.82, 2.24) is 4.98 Å². The maximum absolute atomic E-state index is 5.20. The number of hydrogen-bond acceptors (Lipinski definition) is 2. The molecule has 0 N–H and O–H groups in total. The van der Waals surface area contributed by atoms with Crippen molar-refractivity contribution in [3.63, 3.8) is 0 Å². The zero-order valence-corrected chi connectivity index (χ0v) is 12.4. The number of pyridine rings is 1. The van der Waals surface area contributed by atoms with Crippen LogP contribution in [-0.4, -0.2) is 12.1 Å². The molecule has 1 aromatic heterocycles. The zero-order valence-electron chi connectivity index (χ0n) is 12.4. The molecule has 0 radical (unpaired) electrons. The molecule has 0 unspecified atom stereocenters. The van der Waals surface area contributed by atoms with E-state index in [1.807, 2.05) is 24.3 Å². The molecule has 0 aliphatic carbocycles. The molecule has 2 aromatic carbocycles. The van der Waals surface area contributed by atoms with Gasteiger partial charge in [-0.15, -0.1) is 0 Å². The Balaban J connectivity index is 1.79. The first kappa shape index (κ1) is 13.6. The van der Waals surface area contributed by atoms with E-state index in [0.717, 1.165) is 23.4 Å². The first-order valence-electron chi connectivity index (χ1n) is 7.25. The number of ether oxygens (including phenoxy) is 1. The molecule has 0 amide bonds. The van der Waals surface area contributed by atoms with Gasteiger partial charge < -0.3 is 4.74 Å². The second kappa shape index (κ2) is 5.96. The molecule has 3 rings (SSSR count). The summed E-state index contributed by atoms with van der Waals surface area (Å²) < 4.78 is 5.20. The number of aromatic nitrogens is 1. The Morgan fingerprint density at radius 2 is 1.71 bits per heavy atom. The number of fused-ring (bicyclic) bond motifs is 1. The summed E-state index contributed by atoms with van der Waals surface area (Å²) in [6.45, 7) is 2.23. The van der Waals surface area contributed by atoms with Crippen LogP contribution >= 0.6 is 0 Å². The highest BCUT2D eigenvalue weighted by molar-refractivity contribution is 5.78. The fourth-order valence-corrected chi connectivity index (χ4v) is 2.59. The van der Waals surface area contributed by atoms with Crippen molar-refractivity contribution in [3.8, 4) is 5.75 Å². The minimum atomic E-state index is 0.435. The fourth-order valence-electron chi connectivity index (χ4n) is 2.59. The van der Waals surface area contributed by atoms with Gasteiger partial charge in [0.15, 0.2) is 0 Å². The van der Waals surface area contributed by atoms with Gasteiger partial charge in [0.2, 0.25) is 0 Å². The molecule has 1 atom stereocenters. The molecule has 0 spiro atoms. The lowest BCUT2D eigenvalue weighted by Crippen LogP contribution is -2.00. The predicted octanol–water partition coefficient (Wildman–Crippen LogP) is 4.59. The van der Waals surface area contributed by atoms with Gasteiger partial charge >= 0.3 is 0 Å². The molecule has 0 saturated carbocycles. The van der Waals surface area contributed by atoms with Crippen LogP contribution < -0.4 is 4.74 Å². The number of hydrogen-bond donors (Lipinski definition) is 0. The second-order valence-corrected chi connectivity index (χ2v) is 5.37. The number of rotatable bonds is 4. The molecule has 106 valence electrons. The highest BCUT2D eigenvalue weighted by Crippen LogP contribution is 2.23. The van der Waals surface area contributed by atoms with E-state index in [4.69, 9.17) is 9.72 Å². The first-order chi connectivity index (χ1) is 10.3. The van der Waals surface area contributed by atoms with Crippen LogP contribution in [0.5, 0.6) is 5.75 Å². The van der Waals surface area contributed by atoms with E-state index < -0.39 is 0 Å². The van der Waals surface area contributed by atoms with E-state index in [1.165, 1.54) is 10.9 Å². The summed E-state index contributed by atoms with van der Waals surface area (Å²) in [6.07, 6.45) is 0.942. The molecule has 1 heterocycles. The van der Waals surface area contributed by atoms with E-state index in [2.05, 4.69) is 43.3 Å². The van der Waals surface area contributed by atoms with Crippen molar-refractivity contribution in [2.75, 3.05) is 7.11 Å². The third-order valence-electron chi connectivity index (χ3n) is 3.86. The predicted molar refractivity (Wildman–Crippen MR) is 86.9 cm³/mol. The van der Waals surface area contributed by atoms with Gasteiger partial charge in [-0.25, -0.2) is 0 Å². The van der Waals surface area contributed by atoms with Crippen LogP contribution in [0.15, 0.2) is 60.7 Å². The lowest BCUT2D eigenvalue weighted by Gasteiger charge is -2.12. The summed E-state index contributed by atoms with van der Waals surface area (Å²) in [7, 11) is 1.69. The van der Waals surface area contributed by atoms with Gasteiger partial charge in [0, 0.05) is 11.1 Å². The minimum absolute atomic E-state index is 0.435. The van der Waals surface area contributed by atoms with Crippen LogP contribution in [0.3, 0.4) is 0 Å². The van der Waals surface area contributed by atoms with Crippen LogP contribution in [0.4, 0.5) is 0 Å². The van der Waals surface area contributed by atoms with Crippen LogP contribution in [0.2, 0.25) is 0 Å². The molecule has 2 nitrogen and oxygen atoms in total. The van der Waals surface area contributed by atoms with Crippen LogP contribution in [0.1, 0.15) is 24.1 Å². The standard InChI is InChI=1S/C19H19NO/c1-14(15-8-11-18(21-2)12-9-15)13-17-10-7-16-5-3-4-6-19(16)20-17/h3-12,14H,13H2,1-2H3/t14-/m1/s1. The molecule has 0 aliphatic heterocycles. The number of nitrogens with zero attached hydrogens (tertiary/aromatic N) is 1. The Morgan fingerprint density at radius 3 is 2.48 bits per heavy atom. The third-order valence-corrected chi connectivity index (χ3v) is 3.86. The number of methoxy groups -OCH3 is 1. The lowest BCUT2D eigenvalue weighted by molar-refractivity contribution is 0.414. The van der Waals surface area contributed by atoms with Crippen molar-refractivity contribution in [1.29, 1.82) is 0 Å². The highest BCUT2D eigenvalue weighted by Gasteiger charge is 2.08. The molecule has 0 bridgehead atoms. The summed E-state index contributed by atoms with van der Waals surface area (Å²) in [6, 6.07) is 20.8. The molecule has 3 aromatic rings. The SMILES string of the molecule is COc1ccc([C@H](C)Cc2ccc3ccccc3n2)cc1. The zero-order chi connectivity index (χ0) is 14.7. The Labute approximate surface area is 125 Å². The van der Waals surface area contributed by atoms with Gasteiger partial charge in [0.25, 0.3) is 0 Å². The van der Waals surface area contributed by atoms with Gasteiger partial charge in [-0.1, -0.05) is 43.3 Å². The van der Waals surface area contributed by atoms with E-state index in [1.54, 1.807) is 7.11 Å². The van der Waals surface area contributed by atoms with Crippen molar-refractivity contribution in [2.24, 2.45) is 0 Å². The highest BCUT2D eigenvalue weighted by atomic mass is 16.5. The van der Waals surface area contributed by atoms with Crippen LogP contribution in [0, 0.1) is 0 Å². The molecule has 0 saturated heterocycles. The van der Waals surface area contributed by atoms with Crippen molar-refractivity contribution < 1.29 is 4.74 Å². The van der Waals surface area contributed by atoms with Crippen LogP contribution in [0.25, 0.3) is 10.9 Å². The van der Waals surface area contributed by atoms with E-state index in [9.17, 15) is 0 Å². The van der Waals surface area contributed by atoms with Crippen molar-refractivity contribution in [2.45, 2.75) is 19.3 Å². The lowest BCUT2D eigenvalue weighted by atomic mass is 9.95. The number of para-hydroxylation sites is 1. The maximum Gasteiger partial charge on any atom is 0.118 e. The van der Waals surface area contributed by atoms with Crippen molar-refractivity contribution >= 4 is 10.9 Å². The van der Waals surface area contributed by atoms with E-state index in [0.29, 0.717) is 5.92 Å². The Kier molecular flexibility index (Phi) is 3.87. The quantitative estimate of drug-likeness (QED) is 0.696. The first-order valence-corrected chi connectivity index (χ1v) is 7.25. The summed E-state index contributed by atoms with van der Waals surface area (Å²) >= 11 is 0. The van der Waals surface area contributed by atoms with Gasteiger partial charge in [0.1, 0.15) is 5.75 Å². The van der Waals surface area contributed by atoms with Crippen molar-refractivity contribution in [3.05, 3.63) is 71.9 Å². The maximum atomic E-state index is 5.20. The smallest absolute Gasteiger partial charge is 0.118 e. The molecule has 21 heavy (non-hydrogen) atoms. The topological polar surface area (TPSA) is 22.1 Å². The summed E-state index contributed by atoms with van der Waals surface area (Å²) in [5, 5.41) is 1.19.